The zero-order valence-electron chi connectivity index (χ0n) is 10.5. The fourth-order valence-electron chi connectivity index (χ4n) is 1.22. The standard InChI is InChI=1S/C9H19NO4S2.Na/c1-7(2)5-8(6-15)9(11)10-3-4-16(12,13)14;/h7-8,15H,3-6H2,1-2H3,(H,10,11)(H,12,13,14);/q;+1/p-1. The molecule has 0 bridgehead atoms. The van der Waals surface area contributed by atoms with Gasteiger partial charge in [-0.1, -0.05) is 13.8 Å². The van der Waals surface area contributed by atoms with E-state index >= 15 is 0 Å². The minimum Gasteiger partial charge on any atom is -0.862 e. The molecule has 17 heavy (non-hydrogen) atoms. The van der Waals surface area contributed by atoms with Crippen LogP contribution in [-0.2, 0) is 10.1 Å². The molecule has 96 valence electrons. The van der Waals surface area contributed by atoms with Crippen molar-refractivity contribution in [2.75, 3.05) is 18.1 Å². The maximum atomic E-state index is 11.5. The van der Waals surface area contributed by atoms with Gasteiger partial charge in [-0.05, 0) is 29.9 Å². The first-order chi connectivity index (χ1) is 7.26. The van der Waals surface area contributed by atoms with Crippen molar-refractivity contribution >= 4 is 28.6 Å². The van der Waals surface area contributed by atoms with E-state index in [-0.39, 0.29) is 47.9 Å². The van der Waals surface area contributed by atoms with Crippen LogP contribution in [0.4, 0.5) is 0 Å². The predicted molar refractivity (Wildman–Crippen MR) is 65.5 cm³/mol. The van der Waals surface area contributed by atoms with Crippen molar-refractivity contribution in [1.82, 2.24) is 0 Å². The third kappa shape index (κ3) is 11.5. The largest absolute Gasteiger partial charge is 1.00 e. The van der Waals surface area contributed by atoms with E-state index in [1.165, 1.54) is 0 Å². The Labute approximate surface area is 131 Å². The van der Waals surface area contributed by atoms with Gasteiger partial charge in [0.25, 0.3) is 10.1 Å². The molecule has 0 aliphatic carbocycles. The van der Waals surface area contributed by atoms with Gasteiger partial charge in [0.15, 0.2) is 0 Å². The summed E-state index contributed by atoms with van der Waals surface area (Å²) in [5.41, 5.74) is 0. The summed E-state index contributed by atoms with van der Waals surface area (Å²) >= 11 is 4.06. The van der Waals surface area contributed by atoms with Gasteiger partial charge in [-0.15, -0.1) is 0 Å². The van der Waals surface area contributed by atoms with Crippen LogP contribution < -0.4 is 34.7 Å². The number of hydrogen-bond donors (Lipinski definition) is 2. The molecule has 0 fully saturated rings. The molecule has 0 aliphatic heterocycles. The molecule has 0 heterocycles. The molecule has 0 amide bonds. The number of rotatable bonds is 7. The molecule has 0 rings (SSSR count). The first kappa shape index (κ1) is 20.1. The number of thiol groups is 1. The van der Waals surface area contributed by atoms with Crippen LogP contribution >= 0.6 is 12.6 Å². The Morgan fingerprint density at radius 1 is 1.47 bits per heavy atom. The van der Waals surface area contributed by atoms with Gasteiger partial charge in [0, 0.05) is 0 Å². The van der Waals surface area contributed by atoms with Crippen molar-refractivity contribution in [2.24, 2.45) is 16.8 Å². The van der Waals surface area contributed by atoms with Crippen molar-refractivity contribution in [3.05, 3.63) is 0 Å². The second-order valence-corrected chi connectivity index (χ2v) is 5.95. The van der Waals surface area contributed by atoms with Crippen LogP contribution in [0.5, 0.6) is 0 Å². The van der Waals surface area contributed by atoms with E-state index in [4.69, 9.17) is 4.55 Å². The van der Waals surface area contributed by atoms with Crippen LogP contribution in [0.15, 0.2) is 4.99 Å². The van der Waals surface area contributed by atoms with Gasteiger partial charge in [0.05, 0.1) is 12.3 Å². The van der Waals surface area contributed by atoms with Crippen LogP contribution in [0.1, 0.15) is 20.3 Å². The van der Waals surface area contributed by atoms with Crippen molar-refractivity contribution in [3.63, 3.8) is 0 Å². The summed E-state index contributed by atoms with van der Waals surface area (Å²) < 4.78 is 29.3. The molecule has 8 heteroatoms. The molecule has 1 atom stereocenters. The maximum absolute atomic E-state index is 11.5. The van der Waals surface area contributed by atoms with E-state index in [9.17, 15) is 13.5 Å². The Hall–Kier alpha value is 0.730. The van der Waals surface area contributed by atoms with Crippen LogP contribution in [0, 0.1) is 11.8 Å². The van der Waals surface area contributed by atoms with Crippen molar-refractivity contribution in [3.8, 4) is 0 Å². The monoisotopic (exact) mass is 291 g/mol. The van der Waals surface area contributed by atoms with Gasteiger partial charge < -0.3 is 10.1 Å². The van der Waals surface area contributed by atoms with Gasteiger partial charge in [0.1, 0.15) is 0 Å². The Bertz CT molecular complexity index is 330. The average Bonchev–Trinajstić information content (AvgIpc) is 2.11. The zero-order valence-corrected chi connectivity index (χ0v) is 14.2. The molecular formula is C9H18NNaO4S2. The topological polar surface area (TPSA) is 89.8 Å². The molecule has 0 aliphatic rings. The Morgan fingerprint density at radius 3 is 2.35 bits per heavy atom. The fourth-order valence-corrected chi connectivity index (χ4v) is 1.85. The Morgan fingerprint density at radius 2 is 2.00 bits per heavy atom. The summed E-state index contributed by atoms with van der Waals surface area (Å²) in [5.74, 6) is -0.374. The van der Waals surface area contributed by atoms with E-state index < -0.39 is 15.9 Å². The molecular weight excluding hydrogens is 273 g/mol. The molecule has 0 saturated heterocycles. The summed E-state index contributed by atoms with van der Waals surface area (Å²) in [5, 5.41) is 11.5. The third-order valence-electron chi connectivity index (χ3n) is 1.94. The zero-order chi connectivity index (χ0) is 12.8. The van der Waals surface area contributed by atoms with Crippen molar-refractivity contribution in [1.29, 1.82) is 0 Å². The molecule has 0 aromatic rings. The van der Waals surface area contributed by atoms with Crippen molar-refractivity contribution in [2.45, 2.75) is 20.3 Å². The first-order valence-electron chi connectivity index (χ1n) is 5.03. The normalized spacial score (nSPS) is 14.5. The first-order valence-corrected chi connectivity index (χ1v) is 7.27. The summed E-state index contributed by atoms with van der Waals surface area (Å²) in [6, 6.07) is 0. The van der Waals surface area contributed by atoms with Crippen LogP contribution in [0.3, 0.4) is 0 Å². The minimum atomic E-state index is -4.04. The molecule has 0 aromatic carbocycles. The number of nitrogens with zero attached hydrogens (tertiary/aromatic N) is 1. The van der Waals surface area contributed by atoms with Crippen LogP contribution in [0.2, 0.25) is 0 Å². The van der Waals surface area contributed by atoms with Gasteiger partial charge in [0.2, 0.25) is 0 Å². The molecule has 1 N–H and O–H groups in total. The van der Waals surface area contributed by atoms with E-state index in [1.807, 2.05) is 13.8 Å². The van der Waals surface area contributed by atoms with Crippen molar-refractivity contribution < 1.29 is 47.6 Å². The summed E-state index contributed by atoms with van der Waals surface area (Å²) in [4.78, 5) is 3.61. The number of hydrogen-bond acceptors (Lipinski definition) is 5. The molecule has 1 unspecified atom stereocenters. The predicted octanol–water partition coefficient (Wildman–Crippen LogP) is -2.77. The van der Waals surface area contributed by atoms with E-state index in [0.29, 0.717) is 18.1 Å². The summed E-state index contributed by atoms with van der Waals surface area (Å²) in [7, 11) is -4.04. The second kappa shape index (κ2) is 9.63. The van der Waals surface area contributed by atoms with E-state index in [1.54, 1.807) is 0 Å². The van der Waals surface area contributed by atoms with E-state index in [0.717, 1.165) is 0 Å². The molecule has 0 aromatic heterocycles. The molecule has 0 saturated carbocycles. The smallest absolute Gasteiger partial charge is 0.862 e. The Balaban J connectivity index is 0. The van der Waals surface area contributed by atoms with Crippen LogP contribution in [-0.4, -0.2) is 36.9 Å². The van der Waals surface area contributed by atoms with E-state index in [2.05, 4.69) is 17.6 Å². The molecule has 5 nitrogen and oxygen atoms in total. The van der Waals surface area contributed by atoms with Gasteiger partial charge in [-0.3, -0.25) is 4.55 Å². The van der Waals surface area contributed by atoms with Gasteiger partial charge in [-0.25, -0.2) is 0 Å². The van der Waals surface area contributed by atoms with Gasteiger partial charge >= 0.3 is 29.6 Å². The van der Waals surface area contributed by atoms with Gasteiger partial charge in [-0.2, -0.15) is 21.0 Å². The molecule has 0 spiro atoms. The minimum absolute atomic E-state index is 0. The SMILES string of the molecule is CC(C)CC(CS)C([O-])=NCCS(=O)(=O)O.[Na+]. The number of aliphatic imine (C=N–C) groups is 1. The Kier molecular flexibility index (Phi) is 11.4. The van der Waals surface area contributed by atoms with Crippen LogP contribution in [0.25, 0.3) is 0 Å². The average molecular weight is 291 g/mol. The fraction of sp³-hybridized carbons (Fsp3) is 0.889. The summed E-state index contributed by atoms with van der Waals surface area (Å²) in [6.45, 7) is 3.78. The maximum Gasteiger partial charge on any atom is 1.00 e. The molecule has 0 radical (unpaired) electrons. The quantitative estimate of drug-likeness (QED) is 0.175. The second-order valence-electron chi connectivity index (χ2n) is 4.02. The summed E-state index contributed by atoms with van der Waals surface area (Å²) in [6.07, 6.45) is 0.678. The third-order valence-corrected chi connectivity index (χ3v) is 3.08.